The van der Waals surface area contributed by atoms with Gasteiger partial charge in [0.15, 0.2) is 0 Å². The summed E-state index contributed by atoms with van der Waals surface area (Å²) in [6.45, 7) is 0.981. The normalized spacial score (nSPS) is 18.2. The summed E-state index contributed by atoms with van der Waals surface area (Å²) in [4.78, 5) is 34.8. The van der Waals surface area contributed by atoms with Gasteiger partial charge in [-0.2, -0.15) is 0 Å². The average Bonchev–Trinajstić information content (AvgIpc) is 3.31. The lowest BCUT2D eigenvalue weighted by Gasteiger charge is -2.27. The lowest BCUT2D eigenvalue weighted by atomic mass is 9.95. The Morgan fingerprint density at radius 2 is 1.72 bits per heavy atom. The molecule has 1 fully saturated rings. The first-order valence-corrected chi connectivity index (χ1v) is 10.6. The van der Waals surface area contributed by atoms with E-state index in [0.717, 1.165) is 22.2 Å². The number of nitrogens with zero attached hydrogens (tertiary/aromatic N) is 3. The second-order valence-corrected chi connectivity index (χ2v) is 8.53. The Labute approximate surface area is 187 Å². The van der Waals surface area contributed by atoms with E-state index in [-0.39, 0.29) is 11.3 Å². The smallest absolute Gasteiger partial charge is 0.295 e. The molecule has 1 saturated heterocycles. The molecule has 7 heteroatoms. The van der Waals surface area contributed by atoms with Crippen LogP contribution in [-0.2, 0) is 9.59 Å². The number of likely N-dealkylation sites (tertiary alicyclic amines) is 1. The number of rotatable bonds is 6. The molecule has 166 valence electrons. The summed E-state index contributed by atoms with van der Waals surface area (Å²) < 4.78 is 0. The Balaban J connectivity index is 1.87. The number of anilines is 1. The minimum atomic E-state index is -0.659. The van der Waals surface area contributed by atoms with Gasteiger partial charge in [0, 0.05) is 55.5 Å². The number of aliphatic hydroxyl groups is 1. The minimum absolute atomic E-state index is 0.121. The van der Waals surface area contributed by atoms with E-state index in [2.05, 4.69) is 4.98 Å². The van der Waals surface area contributed by atoms with Gasteiger partial charge in [-0.3, -0.25) is 9.59 Å². The maximum atomic E-state index is 13.2. The highest BCUT2D eigenvalue weighted by Crippen LogP contribution is 2.40. The van der Waals surface area contributed by atoms with Gasteiger partial charge in [-0.05, 0) is 37.9 Å². The maximum absolute atomic E-state index is 13.2. The second-order valence-electron chi connectivity index (χ2n) is 8.53. The molecule has 2 N–H and O–H groups in total. The number of Topliss-reactive ketones (excluding diaryl/α,β-unsaturated/α-hetero) is 1. The molecule has 7 nitrogen and oxygen atoms in total. The van der Waals surface area contributed by atoms with Gasteiger partial charge in [-0.1, -0.05) is 30.3 Å². The number of aliphatic hydroxyl groups excluding tert-OH is 1. The van der Waals surface area contributed by atoms with Crippen molar-refractivity contribution in [2.75, 3.05) is 46.2 Å². The topological polar surface area (TPSA) is 79.9 Å². The third kappa shape index (κ3) is 3.76. The molecule has 0 saturated carbocycles. The van der Waals surface area contributed by atoms with E-state index in [1.807, 2.05) is 86.5 Å². The molecule has 1 atom stereocenters. The Morgan fingerprint density at radius 1 is 1.03 bits per heavy atom. The van der Waals surface area contributed by atoms with E-state index in [1.165, 1.54) is 0 Å². The van der Waals surface area contributed by atoms with E-state index < -0.39 is 17.7 Å². The number of carbonyl (C=O) groups is 2. The van der Waals surface area contributed by atoms with Crippen LogP contribution in [0.5, 0.6) is 0 Å². The van der Waals surface area contributed by atoms with Gasteiger partial charge in [-0.15, -0.1) is 0 Å². The summed E-state index contributed by atoms with van der Waals surface area (Å²) in [5.41, 5.74) is 3.28. The molecule has 3 aromatic rings. The predicted octanol–water partition coefficient (Wildman–Crippen LogP) is 3.22. The zero-order chi connectivity index (χ0) is 23.0. The number of amides is 1. The van der Waals surface area contributed by atoms with Crippen LogP contribution in [0.4, 0.5) is 5.69 Å². The molecule has 32 heavy (non-hydrogen) atoms. The number of para-hydroxylation sites is 1. The third-order valence-corrected chi connectivity index (χ3v) is 5.90. The van der Waals surface area contributed by atoms with Crippen molar-refractivity contribution in [1.29, 1.82) is 0 Å². The number of hydrogen-bond acceptors (Lipinski definition) is 5. The second kappa shape index (κ2) is 8.51. The van der Waals surface area contributed by atoms with Crippen LogP contribution in [0.15, 0.2) is 60.3 Å². The molecule has 0 radical (unpaired) electrons. The molecule has 4 rings (SSSR count). The van der Waals surface area contributed by atoms with Crippen LogP contribution < -0.4 is 4.90 Å². The third-order valence-electron chi connectivity index (χ3n) is 5.90. The molecule has 1 unspecified atom stereocenters. The van der Waals surface area contributed by atoms with Crippen LogP contribution in [-0.4, -0.2) is 72.9 Å². The van der Waals surface area contributed by atoms with Crippen molar-refractivity contribution in [1.82, 2.24) is 14.8 Å². The number of aromatic nitrogens is 1. The Kier molecular flexibility index (Phi) is 5.76. The van der Waals surface area contributed by atoms with Gasteiger partial charge >= 0.3 is 0 Å². The molecule has 1 amide bonds. The fraction of sp³-hybridized carbons (Fsp3) is 0.280. The van der Waals surface area contributed by atoms with E-state index >= 15 is 0 Å². The molecule has 1 aromatic heterocycles. The average molecular weight is 433 g/mol. The van der Waals surface area contributed by atoms with Gasteiger partial charge in [0.05, 0.1) is 11.6 Å². The molecule has 1 aliphatic heterocycles. The molecule has 1 aliphatic rings. The first-order chi connectivity index (χ1) is 15.3. The number of H-pyrrole nitrogens is 1. The van der Waals surface area contributed by atoms with Crippen molar-refractivity contribution < 1.29 is 14.7 Å². The van der Waals surface area contributed by atoms with Crippen molar-refractivity contribution in [3.63, 3.8) is 0 Å². The quantitative estimate of drug-likeness (QED) is 0.355. The number of nitrogens with one attached hydrogen (secondary N) is 1. The highest BCUT2D eigenvalue weighted by Gasteiger charge is 2.46. The Hall–Kier alpha value is -3.58. The highest BCUT2D eigenvalue weighted by molar-refractivity contribution is 6.46. The van der Waals surface area contributed by atoms with E-state index in [1.54, 1.807) is 11.1 Å². The van der Waals surface area contributed by atoms with Crippen molar-refractivity contribution >= 4 is 34.0 Å². The van der Waals surface area contributed by atoms with E-state index in [0.29, 0.717) is 18.7 Å². The van der Waals surface area contributed by atoms with Crippen LogP contribution >= 0.6 is 0 Å². The first-order valence-electron chi connectivity index (χ1n) is 10.6. The summed E-state index contributed by atoms with van der Waals surface area (Å²) in [5, 5.41) is 12.1. The summed E-state index contributed by atoms with van der Waals surface area (Å²) in [7, 11) is 7.75. The predicted molar refractivity (Wildman–Crippen MR) is 127 cm³/mol. The Morgan fingerprint density at radius 3 is 2.38 bits per heavy atom. The highest BCUT2D eigenvalue weighted by atomic mass is 16.3. The van der Waals surface area contributed by atoms with Crippen molar-refractivity contribution in [2.24, 2.45) is 0 Å². The van der Waals surface area contributed by atoms with Gasteiger partial charge in [0.25, 0.3) is 11.7 Å². The van der Waals surface area contributed by atoms with Crippen molar-refractivity contribution in [2.45, 2.75) is 6.04 Å². The summed E-state index contributed by atoms with van der Waals surface area (Å²) in [6, 6.07) is 14.6. The van der Waals surface area contributed by atoms with Gasteiger partial charge in [-0.25, -0.2) is 0 Å². The number of fused-ring (bicyclic) bond motifs is 1. The lowest BCUT2D eigenvalue weighted by Crippen LogP contribution is -2.35. The number of ketones is 1. The number of aromatic amines is 1. The summed E-state index contributed by atoms with van der Waals surface area (Å²) in [5.74, 6) is -1.40. The lowest BCUT2D eigenvalue weighted by molar-refractivity contribution is -0.140. The largest absolute Gasteiger partial charge is 0.507 e. The SMILES string of the molecule is CN(C)CCN1C(=O)C(=O)/C(=C(\O)c2c[nH]c3ccccc23)C1c1ccc(N(C)C)cc1. The molecular formula is C25H28N4O3. The Bertz CT molecular complexity index is 1190. The molecular weight excluding hydrogens is 404 g/mol. The van der Waals surface area contributed by atoms with E-state index in [4.69, 9.17) is 0 Å². The van der Waals surface area contributed by atoms with E-state index in [9.17, 15) is 14.7 Å². The summed E-state index contributed by atoms with van der Waals surface area (Å²) in [6.07, 6.45) is 1.68. The monoisotopic (exact) mass is 432 g/mol. The molecule has 0 bridgehead atoms. The fourth-order valence-electron chi connectivity index (χ4n) is 4.13. The standard InChI is InChI=1S/C25H28N4O3/c1-27(2)13-14-29-22(16-9-11-17(12-10-16)28(3)4)21(24(31)25(29)32)23(30)19-15-26-20-8-6-5-7-18(19)20/h5-12,15,22,26,30H,13-14H2,1-4H3/b23-21-. The fourth-order valence-corrected chi connectivity index (χ4v) is 4.13. The zero-order valence-electron chi connectivity index (χ0n) is 18.8. The number of benzene rings is 2. The van der Waals surface area contributed by atoms with Gasteiger partial charge < -0.3 is 24.8 Å². The van der Waals surface area contributed by atoms with Crippen molar-refractivity contribution in [3.8, 4) is 0 Å². The van der Waals surface area contributed by atoms with Crippen LogP contribution in [0.1, 0.15) is 17.2 Å². The number of hydrogen-bond donors (Lipinski definition) is 2. The maximum Gasteiger partial charge on any atom is 0.295 e. The minimum Gasteiger partial charge on any atom is -0.507 e. The van der Waals surface area contributed by atoms with Crippen molar-refractivity contribution in [3.05, 3.63) is 71.4 Å². The van der Waals surface area contributed by atoms with Gasteiger partial charge in [0.1, 0.15) is 5.76 Å². The van der Waals surface area contributed by atoms with Crippen LogP contribution in [0.25, 0.3) is 16.7 Å². The van der Waals surface area contributed by atoms with Gasteiger partial charge in [0.2, 0.25) is 0 Å². The molecule has 0 aliphatic carbocycles. The molecule has 0 spiro atoms. The number of likely N-dealkylation sites (N-methyl/N-ethyl adjacent to an activating group) is 1. The van der Waals surface area contributed by atoms with Crippen LogP contribution in [0.2, 0.25) is 0 Å². The molecule has 2 heterocycles. The summed E-state index contributed by atoms with van der Waals surface area (Å²) >= 11 is 0. The van der Waals surface area contributed by atoms with Crippen LogP contribution in [0.3, 0.4) is 0 Å². The number of carbonyl (C=O) groups excluding carboxylic acids is 2. The first kappa shape index (κ1) is 21.6. The van der Waals surface area contributed by atoms with Crippen LogP contribution in [0, 0.1) is 0 Å². The molecule has 2 aromatic carbocycles. The zero-order valence-corrected chi connectivity index (χ0v) is 18.8.